The summed E-state index contributed by atoms with van der Waals surface area (Å²) in [6.45, 7) is -0.0883. The standard InChI is InChI=1S/C14H10O7/c15-10-9(13(16)17)7-21-12(14(18)19)11(10)20-6-8-4-2-1-3-5-8/h1-5,7H,6H2,(H,16,17)(H,18,19). The van der Waals surface area contributed by atoms with E-state index in [1.165, 1.54) is 0 Å². The molecule has 1 aromatic heterocycles. The molecule has 0 saturated heterocycles. The number of hydrogen-bond acceptors (Lipinski definition) is 5. The Bertz CT molecular complexity index is 731. The van der Waals surface area contributed by atoms with Crippen LogP contribution in [0.15, 0.2) is 45.8 Å². The molecule has 0 radical (unpaired) electrons. The zero-order chi connectivity index (χ0) is 15.4. The molecule has 0 aliphatic rings. The van der Waals surface area contributed by atoms with Gasteiger partial charge in [0.25, 0.3) is 5.76 Å². The number of aromatic carboxylic acids is 2. The van der Waals surface area contributed by atoms with Gasteiger partial charge in [0.15, 0.2) is 0 Å². The summed E-state index contributed by atoms with van der Waals surface area (Å²) in [6, 6.07) is 8.69. The van der Waals surface area contributed by atoms with E-state index < -0.39 is 34.4 Å². The van der Waals surface area contributed by atoms with Crippen molar-refractivity contribution in [2.24, 2.45) is 0 Å². The van der Waals surface area contributed by atoms with E-state index >= 15 is 0 Å². The lowest BCUT2D eigenvalue weighted by Gasteiger charge is -2.08. The largest absolute Gasteiger partial charge is 0.481 e. The molecule has 108 valence electrons. The molecule has 7 nitrogen and oxygen atoms in total. The zero-order valence-corrected chi connectivity index (χ0v) is 10.6. The molecule has 0 aliphatic heterocycles. The summed E-state index contributed by atoms with van der Waals surface area (Å²) in [5.74, 6) is -4.41. The van der Waals surface area contributed by atoms with Gasteiger partial charge in [-0.05, 0) is 5.56 Å². The lowest BCUT2D eigenvalue weighted by atomic mass is 10.2. The van der Waals surface area contributed by atoms with Crippen LogP contribution in [-0.2, 0) is 6.61 Å². The van der Waals surface area contributed by atoms with Crippen LogP contribution in [0.25, 0.3) is 0 Å². The molecule has 0 spiro atoms. The van der Waals surface area contributed by atoms with Crippen LogP contribution < -0.4 is 10.2 Å². The van der Waals surface area contributed by atoms with Crippen molar-refractivity contribution in [3.05, 3.63) is 63.7 Å². The fraction of sp³-hybridized carbons (Fsp3) is 0.0714. The summed E-state index contributed by atoms with van der Waals surface area (Å²) in [5, 5.41) is 17.8. The van der Waals surface area contributed by atoms with Gasteiger partial charge < -0.3 is 19.4 Å². The maximum absolute atomic E-state index is 11.9. The second kappa shape index (κ2) is 5.91. The first-order valence-electron chi connectivity index (χ1n) is 5.80. The van der Waals surface area contributed by atoms with Crippen molar-refractivity contribution >= 4 is 11.9 Å². The third-order valence-electron chi connectivity index (χ3n) is 2.60. The maximum atomic E-state index is 11.9. The molecule has 1 aromatic carbocycles. The van der Waals surface area contributed by atoms with Crippen molar-refractivity contribution < 1.29 is 29.0 Å². The third-order valence-corrected chi connectivity index (χ3v) is 2.60. The summed E-state index contributed by atoms with van der Waals surface area (Å²) in [7, 11) is 0. The Hall–Kier alpha value is -3.09. The van der Waals surface area contributed by atoms with E-state index in [1.54, 1.807) is 30.3 Å². The molecule has 1 heterocycles. The van der Waals surface area contributed by atoms with E-state index in [0.29, 0.717) is 11.8 Å². The quantitative estimate of drug-likeness (QED) is 0.859. The minimum absolute atomic E-state index is 0.0883. The van der Waals surface area contributed by atoms with Gasteiger partial charge in [-0.2, -0.15) is 0 Å². The number of benzene rings is 1. The Kier molecular flexibility index (Phi) is 4.03. The van der Waals surface area contributed by atoms with Crippen molar-refractivity contribution in [1.29, 1.82) is 0 Å². The minimum Gasteiger partial charge on any atom is -0.481 e. The van der Waals surface area contributed by atoms with Gasteiger partial charge in [-0.25, -0.2) is 9.59 Å². The molecule has 0 fully saturated rings. The topological polar surface area (TPSA) is 114 Å². The second-order valence-corrected chi connectivity index (χ2v) is 4.02. The van der Waals surface area contributed by atoms with Crippen molar-refractivity contribution in [3.63, 3.8) is 0 Å². The summed E-state index contributed by atoms with van der Waals surface area (Å²) in [5.41, 5.74) is -1.04. The average Bonchev–Trinajstić information content (AvgIpc) is 2.46. The van der Waals surface area contributed by atoms with Crippen LogP contribution in [-0.4, -0.2) is 22.2 Å². The maximum Gasteiger partial charge on any atom is 0.375 e. The van der Waals surface area contributed by atoms with E-state index in [4.69, 9.17) is 14.9 Å². The Morgan fingerprint density at radius 3 is 2.33 bits per heavy atom. The van der Waals surface area contributed by atoms with Crippen LogP contribution in [0.3, 0.4) is 0 Å². The summed E-state index contributed by atoms with van der Waals surface area (Å²) in [4.78, 5) is 33.8. The van der Waals surface area contributed by atoms with Gasteiger partial charge in [0.1, 0.15) is 18.4 Å². The highest BCUT2D eigenvalue weighted by Gasteiger charge is 2.23. The molecule has 0 unspecified atom stereocenters. The molecule has 0 saturated carbocycles. The summed E-state index contributed by atoms with van der Waals surface area (Å²) in [6.07, 6.45) is 0.587. The molecule has 0 aliphatic carbocycles. The van der Waals surface area contributed by atoms with Crippen molar-refractivity contribution in [2.45, 2.75) is 6.61 Å². The molecule has 0 bridgehead atoms. The number of carboxylic acids is 2. The van der Waals surface area contributed by atoms with Gasteiger partial charge in [0.2, 0.25) is 11.2 Å². The molecule has 2 aromatic rings. The second-order valence-electron chi connectivity index (χ2n) is 4.02. The molecule has 7 heteroatoms. The molecule has 21 heavy (non-hydrogen) atoms. The average molecular weight is 290 g/mol. The zero-order valence-electron chi connectivity index (χ0n) is 10.6. The van der Waals surface area contributed by atoms with E-state index in [0.717, 1.165) is 0 Å². The summed E-state index contributed by atoms with van der Waals surface area (Å²) >= 11 is 0. The Morgan fingerprint density at radius 2 is 1.76 bits per heavy atom. The van der Waals surface area contributed by atoms with E-state index in [2.05, 4.69) is 4.42 Å². The first kappa shape index (κ1) is 14.3. The normalized spacial score (nSPS) is 10.1. The summed E-state index contributed by atoms with van der Waals surface area (Å²) < 4.78 is 9.83. The first-order chi connectivity index (χ1) is 10.0. The van der Waals surface area contributed by atoms with Crippen LogP contribution in [0, 0.1) is 0 Å². The van der Waals surface area contributed by atoms with Gasteiger partial charge in [0, 0.05) is 0 Å². The monoisotopic (exact) mass is 290 g/mol. The predicted octanol–water partition coefficient (Wildman–Crippen LogP) is 1.62. The van der Waals surface area contributed by atoms with Crippen LogP contribution in [0.2, 0.25) is 0 Å². The molecule has 0 atom stereocenters. The highest BCUT2D eigenvalue weighted by molar-refractivity contribution is 5.91. The Balaban J connectivity index is 2.40. The highest BCUT2D eigenvalue weighted by atomic mass is 16.5. The van der Waals surface area contributed by atoms with E-state index in [-0.39, 0.29) is 6.61 Å². The van der Waals surface area contributed by atoms with Crippen molar-refractivity contribution in [2.75, 3.05) is 0 Å². The van der Waals surface area contributed by atoms with Gasteiger partial charge >= 0.3 is 11.9 Å². The smallest absolute Gasteiger partial charge is 0.375 e. The van der Waals surface area contributed by atoms with Crippen molar-refractivity contribution in [3.8, 4) is 5.75 Å². The number of hydrogen-bond donors (Lipinski definition) is 2. The molecule has 0 amide bonds. The molecular weight excluding hydrogens is 280 g/mol. The fourth-order valence-corrected chi connectivity index (χ4v) is 1.61. The molecule has 2 rings (SSSR count). The van der Waals surface area contributed by atoms with Gasteiger partial charge in [0.05, 0.1) is 0 Å². The lowest BCUT2D eigenvalue weighted by Crippen LogP contribution is -2.20. The van der Waals surface area contributed by atoms with Crippen LogP contribution >= 0.6 is 0 Å². The first-order valence-corrected chi connectivity index (χ1v) is 5.80. The predicted molar refractivity (Wildman–Crippen MR) is 69.7 cm³/mol. The van der Waals surface area contributed by atoms with Crippen molar-refractivity contribution in [1.82, 2.24) is 0 Å². The van der Waals surface area contributed by atoms with Crippen LogP contribution in [0.5, 0.6) is 5.75 Å². The minimum atomic E-state index is -1.52. The molecular formula is C14H10O7. The van der Waals surface area contributed by atoms with Crippen LogP contribution in [0.1, 0.15) is 26.5 Å². The third kappa shape index (κ3) is 3.08. The Labute approximate surface area is 118 Å². The van der Waals surface area contributed by atoms with Gasteiger partial charge in [-0.1, -0.05) is 30.3 Å². The van der Waals surface area contributed by atoms with Gasteiger partial charge in [-0.3, -0.25) is 4.79 Å². The highest BCUT2D eigenvalue weighted by Crippen LogP contribution is 2.16. The number of carbonyl (C=O) groups is 2. The molecule has 2 N–H and O–H groups in total. The van der Waals surface area contributed by atoms with Crippen LogP contribution in [0.4, 0.5) is 0 Å². The van der Waals surface area contributed by atoms with E-state index in [9.17, 15) is 14.4 Å². The lowest BCUT2D eigenvalue weighted by molar-refractivity contribution is 0.0635. The SMILES string of the molecule is O=C(O)c1occ(C(=O)O)c(=O)c1OCc1ccccc1. The Morgan fingerprint density at radius 1 is 1.10 bits per heavy atom. The number of rotatable bonds is 5. The van der Waals surface area contributed by atoms with Gasteiger partial charge in [-0.15, -0.1) is 0 Å². The van der Waals surface area contributed by atoms with E-state index in [1.807, 2.05) is 0 Å². The fourth-order valence-electron chi connectivity index (χ4n) is 1.61. The number of carboxylic acid groups (broad SMARTS) is 2. The number of ether oxygens (including phenoxy) is 1.